The summed E-state index contributed by atoms with van der Waals surface area (Å²) in [6, 6.07) is 0. The van der Waals surface area contributed by atoms with Gasteiger partial charge in [0.05, 0.1) is 152 Å². The molecule has 0 aromatic carbocycles. The summed E-state index contributed by atoms with van der Waals surface area (Å²) < 4.78 is 64.1. The van der Waals surface area contributed by atoms with Crippen LogP contribution in [-0.4, -0.2) is 170 Å². The molecule has 0 aliphatic rings. The molecule has 0 aromatic rings. The molecule has 0 aliphatic carbocycles. The van der Waals surface area contributed by atoms with Crippen LogP contribution in [0.15, 0.2) is 0 Å². The van der Waals surface area contributed by atoms with Gasteiger partial charge in [0.1, 0.15) is 5.44 Å². The summed E-state index contributed by atoms with van der Waals surface area (Å²) in [7, 11) is 1.59. The van der Waals surface area contributed by atoms with E-state index < -0.39 is 0 Å². The zero-order valence-electron chi connectivity index (χ0n) is 23.6. The Balaban J connectivity index is 3.03. The second-order valence-corrected chi connectivity index (χ2v) is 8.19. The van der Waals surface area contributed by atoms with Crippen LogP contribution in [0.1, 0.15) is 0 Å². The van der Waals surface area contributed by atoms with Crippen molar-refractivity contribution in [2.24, 2.45) is 0 Å². The Morgan fingerprint density at radius 1 is 0.385 bits per heavy atom. The molecule has 39 heavy (non-hydrogen) atoms. The summed E-state index contributed by atoms with van der Waals surface area (Å²) in [5, 5.41) is 8.56. The van der Waals surface area contributed by atoms with Gasteiger partial charge in [-0.1, -0.05) is 0 Å². The fourth-order valence-corrected chi connectivity index (χ4v) is 2.62. The zero-order chi connectivity index (χ0) is 28.3. The summed E-state index contributed by atoms with van der Waals surface area (Å²) in [5.74, 6) is 0. The van der Waals surface area contributed by atoms with E-state index in [0.717, 1.165) is 0 Å². The van der Waals surface area contributed by atoms with Gasteiger partial charge in [-0.3, -0.25) is 0 Å². The number of rotatable bonds is 35. The highest BCUT2D eigenvalue weighted by Gasteiger charge is 1.99. The highest BCUT2D eigenvalue weighted by atomic mass is 32.1. The van der Waals surface area contributed by atoms with E-state index in [1.807, 2.05) is 0 Å². The second kappa shape index (κ2) is 35.9. The molecule has 1 atom stereocenters. The van der Waals surface area contributed by atoms with Gasteiger partial charge >= 0.3 is 0 Å². The molecule has 0 spiro atoms. The first-order chi connectivity index (χ1) is 19.3. The van der Waals surface area contributed by atoms with Crippen molar-refractivity contribution in [2.75, 3.05) is 159 Å². The SMILES string of the molecule is COC(S)COCCOCCOCCOCCOCCOCCOCCOCCOCCOCCOCCO. The highest BCUT2D eigenvalue weighted by Crippen LogP contribution is 1.95. The Morgan fingerprint density at radius 3 is 0.795 bits per heavy atom. The highest BCUT2D eigenvalue weighted by molar-refractivity contribution is 7.80. The molecule has 0 radical (unpaired) electrons. The lowest BCUT2D eigenvalue weighted by atomic mass is 10.6. The van der Waals surface area contributed by atoms with Gasteiger partial charge in [-0.2, -0.15) is 0 Å². The van der Waals surface area contributed by atoms with Gasteiger partial charge in [0, 0.05) is 7.11 Å². The van der Waals surface area contributed by atoms with Crippen LogP contribution in [0.4, 0.5) is 0 Å². The summed E-state index contributed by atoms with van der Waals surface area (Å²) in [4.78, 5) is 0. The molecule has 14 heteroatoms. The van der Waals surface area contributed by atoms with Gasteiger partial charge in [0.15, 0.2) is 0 Å². The zero-order valence-corrected chi connectivity index (χ0v) is 24.5. The topological polar surface area (TPSA) is 131 Å². The van der Waals surface area contributed by atoms with Crippen LogP contribution in [-0.2, 0) is 56.8 Å². The van der Waals surface area contributed by atoms with Crippen molar-refractivity contribution in [3.05, 3.63) is 0 Å². The number of ether oxygens (including phenoxy) is 12. The predicted octanol–water partition coefficient (Wildman–Crippen LogP) is 0.0636. The lowest BCUT2D eigenvalue weighted by molar-refractivity contribution is -0.0286. The van der Waals surface area contributed by atoms with Crippen molar-refractivity contribution in [3.63, 3.8) is 0 Å². The number of aliphatic hydroxyl groups is 1. The number of methoxy groups -OCH3 is 1. The van der Waals surface area contributed by atoms with Crippen molar-refractivity contribution in [3.8, 4) is 0 Å². The third kappa shape index (κ3) is 35.8. The number of aliphatic hydroxyl groups excluding tert-OH is 1. The standard InChI is InChI=1S/C25H52O13S/c1-27-25(39)24-38-23-22-37-21-20-36-19-18-35-17-16-34-15-14-33-13-12-32-11-10-31-9-8-30-7-6-29-5-4-28-3-2-26/h25-26,39H,2-24H2,1H3. The molecule has 0 saturated carbocycles. The van der Waals surface area contributed by atoms with Crippen molar-refractivity contribution in [1.29, 1.82) is 0 Å². The lowest BCUT2D eigenvalue weighted by Gasteiger charge is -2.10. The quantitative estimate of drug-likeness (QED) is 0.0585. The maximum atomic E-state index is 8.56. The maximum Gasteiger partial charge on any atom is 0.123 e. The molecule has 0 aromatic heterocycles. The lowest BCUT2D eigenvalue weighted by Crippen LogP contribution is -2.16. The number of hydrogen-bond acceptors (Lipinski definition) is 14. The fraction of sp³-hybridized carbons (Fsp3) is 1.00. The van der Waals surface area contributed by atoms with E-state index in [0.29, 0.717) is 145 Å². The van der Waals surface area contributed by atoms with Gasteiger partial charge in [-0.25, -0.2) is 0 Å². The van der Waals surface area contributed by atoms with Crippen molar-refractivity contribution in [2.45, 2.75) is 5.44 Å². The van der Waals surface area contributed by atoms with Gasteiger partial charge in [-0.15, -0.1) is 12.6 Å². The van der Waals surface area contributed by atoms with Crippen LogP contribution in [0, 0.1) is 0 Å². The molecule has 236 valence electrons. The Labute approximate surface area is 239 Å². The fourth-order valence-electron chi connectivity index (χ4n) is 2.52. The van der Waals surface area contributed by atoms with Gasteiger partial charge in [-0.05, 0) is 0 Å². The molecule has 0 saturated heterocycles. The smallest absolute Gasteiger partial charge is 0.123 e. The van der Waals surface area contributed by atoms with E-state index in [2.05, 4.69) is 12.6 Å². The van der Waals surface area contributed by atoms with E-state index in [4.69, 9.17) is 61.9 Å². The molecule has 13 nitrogen and oxygen atoms in total. The molecule has 1 unspecified atom stereocenters. The Bertz CT molecular complexity index is 441. The van der Waals surface area contributed by atoms with E-state index in [1.54, 1.807) is 7.11 Å². The average Bonchev–Trinajstić information content (AvgIpc) is 2.95. The molecular formula is C25H52O13S. The maximum absolute atomic E-state index is 8.56. The van der Waals surface area contributed by atoms with Crippen molar-refractivity contribution >= 4 is 12.6 Å². The van der Waals surface area contributed by atoms with Gasteiger partial charge in [0.2, 0.25) is 0 Å². The Kier molecular flexibility index (Phi) is 35.7. The molecule has 0 bridgehead atoms. The number of thiol groups is 1. The largest absolute Gasteiger partial charge is 0.394 e. The van der Waals surface area contributed by atoms with E-state index >= 15 is 0 Å². The van der Waals surface area contributed by atoms with Crippen LogP contribution in [0.2, 0.25) is 0 Å². The molecule has 0 rings (SSSR count). The minimum atomic E-state index is -0.207. The molecule has 0 amide bonds. The number of hydrogen-bond donors (Lipinski definition) is 2. The molecular weight excluding hydrogens is 540 g/mol. The third-order valence-electron chi connectivity index (χ3n) is 4.49. The summed E-state index contributed by atoms with van der Waals surface area (Å²) in [6.07, 6.45) is 0. The second-order valence-electron chi connectivity index (χ2n) is 7.61. The first kappa shape index (κ1) is 38.8. The minimum absolute atomic E-state index is 0.0257. The molecule has 0 aliphatic heterocycles. The first-order valence-corrected chi connectivity index (χ1v) is 14.0. The minimum Gasteiger partial charge on any atom is -0.394 e. The van der Waals surface area contributed by atoms with E-state index in [9.17, 15) is 0 Å². The van der Waals surface area contributed by atoms with E-state index in [-0.39, 0.29) is 12.0 Å². The van der Waals surface area contributed by atoms with Crippen molar-refractivity contribution in [1.82, 2.24) is 0 Å². The molecule has 1 N–H and O–H groups in total. The van der Waals surface area contributed by atoms with Gasteiger partial charge < -0.3 is 61.9 Å². The van der Waals surface area contributed by atoms with Crippen molar-refractivity contribution < 1.29 is 61.9 Å². The van der Waals surface area contributed by atoms with Crippen LogP contribution < -0.4 is 0 Å². The van der Waals surface area contributed by atoms with Crippen LogP contribution in [0.3, 0.4) is 0 Å². The van der Waals surface area contributed by atoms with E-state index in [1.165, 1.54) is 0 Å². The van der Waals surface area contributed by atoms with Crippen LogP contribution in [0.25, 0.3) is 0 Å². The normalized spacial score (nSPS) is 12.4. The average molecular weight is 593 g/mol. The summed E-state index contributed by atoms with van der Waals surface area (Å²) in [5.41, 5.74) is -0.207. The monoisotopic (exact) mass is 592 g/mol. The molecule has 0 fully saturated rings. The first-order valence-electron chi connectivity index (χ1n) is 13.5. The summed E-state index contributed by atoms with van der Waals surface area (Å²) in [6.45, 7) is 10.9. The van der Waals surface area contributed by atoms with Crippen LogP contribution >= 0.6 is 12.6 Å². The predicted molar refractivity (Wildman–Crippen MR) is 146 cm³/mol. The Morgan fingerprint density at radius 2 is 0.590 bits per heavy atom. The summed E-state index contributed by atoms with van der Waals surface area (Å²) >= 11 is 4.15. The van der Waals surface area contributed by atoms with Crippen LogP contribution in [0.5, 0.6) is 0 Å². The molecule has 0 heterocycles. The Hall–Kier alpha value is -0.170. The third-order valence-corrected chi connectivity index (χ3v) is 4.85. The van der Waals surface area contributed by atoms with Gasteiger partial charge in [0.25, 0.3) is 0 Å².